The topological polar surface area (TPSA) is 30.2 Å². The predicted molar refractivity (Wildman–Crippen MR) is 84.8 cm³/mol. The number of nitrogens with zero attached hydrogens (tertiary/aromatic N) is 3. The molecule has 2 heterocycles. The lowest BCUT2D eigenvalue weighted by Crippen LogP contribution is -1.98. The molecule has 23 heavy (non-hydrogen) atoms. The van der Waals surface area contributed by atoms with Crippen molar-refractivity contribution in [3.05, 3.63) is 53.7 Å². The van der Waals surface area contributed by atoms with E-state index >= 15 is 0 Å². The van der Waals surface area contributed by atoms with Crippen LogP contribution < -0.4 is 0 Å². The number of pyridine rings is 1. The van der Waals surface area contributed by atoms with Gasteiger partial charge in [-0.25, -0.2) is 13.2 Å². The average molecular weight is 360 g/mol. The van der Waals surface area contributed by atoms with Crippen LogP contribution in [0.25, 0.3) is 5.65 Å². The third-order valence-electron chi connectivity index (χ3n) is 3.12. The van der Waals surface area contributed by atoms with Crippen molar-refractivity contribution >= 4 is 29.8 Å². The van der Waals surface area contributed by atoms with E-state index in [1.807, 2.05) is 13.8 Å². The third-order valence-corrected chi connectivity index (χ3v) is 4.19. The van der Waals surface area contributed by atoms with Gasteiger partial charge in [0, 0.05) is 29.1 Å². The van der Waals surface area contributed by atoms with Gasteiger partial charge in [0.05, 0.1) is 4.90 Å². The molecular weight excluding hydrogens is 347 g/mol. The van der Waals surface area contributed by atoms with Crippen LogP contribution in [0.2, 0.25) is 0 Å². The Morgan fingerprint density at radius 3 is 2.35 bits per heavy atom. The van der Waals surface area contributed by atoms with Crippen LogP contribution in [0.5, 0.6) is 0 Å². The Kier molecular flexibility index (Phi) is 5.21. The molecule has 0 spiro atoms. The lowest BCUT2D eigenvalue weighted by Gasteiger charge is -2.07. The van der Waals surface area contributed by atoms with Gasteiger partial charge in [-0.15, -0.1) is 22.6 Å². The van der Waals surface area contributed by atoms with E-state index in [1.165, 1.54) is 18.3 Å². The van der Waals surface area contributed by atoms with Gasteiger partial charge in [0.15, 0.2) is 5.65 Å². The molecule has 0 unspecified atom stereocenters. The molecule has 0 saturated heterocycles. The van der Waals surface area contributed by atoms with Crippen molar-refractivity contribution in [1.29, 1.82) is 0 Å². The van der Waals surface area contributed by atoms with Crippen LogP contribution in [0, 0.1) is 17.5 Å². The average Bonchev–Trinajstić information content (AvgIpc) is 2.85. The van der Waals surface area contributed by atoms with Crippen molar-refractivity contribution in [2.45, 2.75) is 29.6 Å². The second-order valence-corrected chi connectivity index (χ2v) is 6.19. The van der Waals surface area contributed by atoms with E-state index < -0.39 is 17.5 Å². The van der Waals surface area contributed by atoms with E-state index in [0.29, 0.717) is 11.5 Å². The summed E-state index contributed by atoms with van der Waals surface area (Å²) in [6.07, 6.45) is 1.54. The van der Waals surface area contributed by atoms with Crippen molar-refractivity contribution in [3.8, 4) is 0 Å². The lowest BCUT2D eigenvalue weighted by atomic mass is 10.2. The highest BCUT2D eigenvalue weighted by Crippen LogP contribution is 2.32. The van der Waals surface area contributed by atoms with E-state index in [9.17, 15) is 13.2 Å². The highest BCUT2D eigenvalue weighted by molar-refractivity contribution is 7.99. The number of rotatable bonds is 3. The molecule has 0 aliphatic heterocycles. The van der Waals surface area contributed by atoms with Gasteiger partial charge in [0.2, 0.25) is 0 Å². The highest BCUT2D eigenvalue weighted by atomic mass is 35.5. The number of aromatic nitrogens is 3. The molecule has 0 fully saturated rings. The second-order valence-electron chi connectivity index (χ2n) is 5.10. The number of fused-ring (bicyclic) bond motifs is 1. The molecule has 0 aliphatic carbocycles. The first kappa shape index (κ1) is 17.6. The van der Waals surface area contributed by atoms with Gasteiger partial charge in [-0.3, -0.25) is 4.40 Å². The van der Waals surface area contributed by atoms with Gasteiger partial charge in [-0.05, 0) is 12.1 Å². The summed E-state index contributed by atoms with van der Waals surface area (Å²) in [6.45, 7) is 3.90. The summed E-state index contributed by atoms with van der Waals surface area (Å²) in [5.41, 5.74) is 0.394. The maximum absolute atomic E-state index is 14.1. The van der Waals surface area contributed by atoms with Gasteiger partial charge in [0.1, 0.15) is 23.3 Å². The molecule has 1 aromatic carbocycles. The van der Waals surface area contributed by atoms with E-state index in [2.05, 4.69) is 10.2 Å². The van der Waals surface area contributed by atoms with Crippen molar-refractivity contribution in [2.75, 3.05) is 0 Å². The van der Waals surface area contributed by atoms with Gasteiger partial charge in [-0.1, -0.05) is 25.6 Å². The number of halogens is 4. The van der Waals surface area contributed by atoms with Crippen LogP contribution in [-0.4, -0.2) is 14.6 Å². The summed E-state index contributed by atoms with van der Waals surface area (Å²) >= 11 is 0.895. The second kappa shape index (κ2) is 6.80. The van der Waals surface area contributed by atoms with E-state index in [4.69, 9.17) is 0 Å². The molecule has 0 saturated carbocycles. The summed E-state index contributed by atoms with van der Waals surface area (Å²) in [6, 6.07) is 4.45. The van der Waals surface area contributed by atoms with Crippen LogP contribution in [0.15, 0.2) is 40.3 Å². The SMILES string of the molecule is CC(C)c1nnc2cc(F)c(Sc3ccc(F)cc3F)cn12.Cl. The molecule has 0 aliphatic rings. The molecule has 0 bridgehead atoms. The Morgan fingerprint density at radius 1 is 1.00 bits per heavy atom. The quantitative estimate of drug-likeness (QED) is 0.670. The summed E-state index contributed by atoms with van der Waals surface area (Å²) in [4.78, 5) is 0.374. The summed E-state index contributed by atoms with van der Waals surface area (Å²) < 4.78 is 42.5. The number of hydrogen-bond donors (Lipinski definition) is 0. The Bertz CT molecular complexity index is 851. The molecule has 122 valence electrons. The van der Waals surface area contributed by atoms with Crippen molar-refractivity contribution in [2.24, 2.45) is 0 Å². The molecule has 2 aromatic heterocycles. The molecule has 3 aromatic rings. The minimum absolute atomic E-state index is 0. The zero-order chi connectivity index (χ0) is 15.9. The fourth-order valence-corrected chi connectivity index (χ4v) is 2.90. The largest absolute Gasteiger partial charge is 0.285 e. The zero-order valence-electron chi connectivity index (χ0n) is 12.3. The number of hydrogen-bond acceptors (Lipinski definition) is 3. The lowest BCUT2D eigenvalue weighted by molar-refractivity contribution is 0.565. The van der Waals surface area contributed by atoms with Gasteiger partial charge in [0.25, 0.3) is 0 Å². The normalized spacial score (nSPS) is 11.0. The van der Waals surface area contributed by atoms with Crippen LogP contribution in [0.1, 0.15) is 25.6 Å². The van der Waals surface area contributed by atoms with Crippen LogP contribution in [0.3, 0.4) is 0 Å². The Morgan fingerprint density at radius 2 is 1.70 bits per heavy atom. The molecule has 3 nitrogen and oxygen atoms in total. The van der Waals surface area contributed by atoms with Gasteiger partial charge in [-0.2, -0.15) is 0 Å². The van der Waals surface area contributed by atoms with Crippen molar-refractivity contribution in [3.63, 3.8) is 0 Å². The molecular formula is C15H13ClF3N3S. The van der Waals surface area contributed by atoms with Crippen LogP contribution >= 0.6 is 24.2 Å². The van der Waals surface area contributed by atoms with Crippen LogP contribution in [0.4, 0.5) is 13.2 Å². The predicted octanol–water partition coefficient (Wildman–Crippen LogP) is 4.84. The Balaban J connectivity index is 0.00000192. The van der Waals surface area contributed by atoms with Gasteiger partial charge >= 0.3 is 0 Å². The molecule has 3 rings (SSSR count). The van der Waals surface area contributed by atoms with E-state index in [-0.39, 0.29) is 28.1 Å². The first-order valence-electron chi connectivity index (χ1n) is 6.63. The monoisotopic (exact) mass is 359 g/mol. The van der Waals surface area contributed by atoms with Crippen molar-refractivity contribution < 1.29 is 13.2 Å². The summed E-state index contributed by atoms with van der Waals surface area (Å²) in [7, 11) is 0. The Labute approximate surface area is 141 Å². The van der Waals surface area contributed by atoms with Gasteiger partial charge < -0.3 is 0 Å². The molecule has 0 atom stereocenters. The fraction of sp³-hybridized carbons (Fsp3) is 0.200. The maximum atomic E-state index is 14.1. The standard InChI is InChI=1S/C15H12F3N3S.ClH/c1-8(2)15-20-19-14-6-11(18)13(7-21(14)15)22-12-4-3-9(16)5-10(12)17;/h3-8H,1-2H3;1H. The first-order valence-corrected chi connectivity index (χ1v) is 7.44. The first-order chi connectivity index (χ1) is 10.5. The Hall–Kier alpha value is -1.73. The summed E-state index contributed by atoms with van der Waals surface area (Å²) in [5.74, 6) is -1.11. The molecule has 0 radical (unpaired) electrons. The minimum atomic E-state index is -0.725. The minimum Gasteiger partial charge on any atom is -0.285 e. The third kappa shape index (κ3) is 3.45. The highest BCUT2D eigenvalue weighted by Gasteiger charge is 2.15. The van der Waals surface area contributed by atoms with Crippen molar-refractivity contribution in [1.82, 2.24) is 14.6 Å². The molecule has 0 N–H and O–H groups in total. The zero-order valence-corrected chi connectivity index (χ0v) is 13.9. The maximum Gasteiger partial charge on any atom is 0.163 e. The smallest absolute Gasteiger partial charge is 0.163 e. The number of benzene rings is 1. The molecule has 8 heteroatoms. The molecule has 0 amide bonds. The summed E-state index contributed by atoms with van der Waals surface area (Å²) in [5, 5.41) is 7.94. The van der Waals surface area contributed by atoms with E-state index in [1.54, 1.807) is 4.40 Å². The van der Waals surface area contributed by atoms with Crippen LogP contribution in [-0.2, 0) is 0 Å². The van der Waals surface area contributed by atoms with E-state index in [0.717, 1.165) is 23.9 Å². The fourth-order valence-electron chi connectivity index (χ4n) is 2.06.